The fourth-order valence-corrected chi connectivity index (χ4v) is 2.29. The maximum absolute atomic E-state index is 13.6. The fourth-order valence-electron chi connectivity index (χ4n) is 1.88. The van der Waals surface area contributed by atoms with Crippen LogP contribution < -0.4 is 10.5 Å². The average Bonchev–Trinajstić information content (AvgIpc) is 2.49. The Labute approximate surface area is 131 Å². The van der Waals surface area contributed by atoms with E-state index in [-0.39, 0.29) is 18.3 Å². The maximum Gasteiger partial charge on any atom is 0.200 e. The number of benzene rings is 2. The highest BCUT2D eigenvalue weighted by molar-refractivity contribution is 9.10. The molecule has 1 atom stereocenters. The minimum atomic E-state index is -0.980. The summed E-state index contributed by atoms with van der Waals surface area (Å²) >= 11 is 3.11. The highest BCUT2D eigenvalue weighted by atomic mass is 79.9. The lowest BCUT2D eigenvalue weighted by Crippen LogP contribution is -2.08. The molecule has 0 aliphatic heterocycles. The molecule has 2 nitrogen and oxygen atoms in total. The van der Waals surface area contributed by atoms with Crippen LogP contribution in [0, 0.1) is 11.6 Å². The summed E-state index contributed by atoms with van der Waals surface area (Å²) in [5.74, 6) is -1.74. The first kappa shape index (κ1) is 15.9. The smallest absolute Gasteiger partial charge is 0.200 e. The van der Waals surface area contributed by atoms with Crippen molar-refractivity contribution in [3.05, 3.63) is 63.6 Å². The first-order valence-electron chi connectivity index (χ1n) is 6.57. The minimum absolute atomic E-state index is 0.110. The van der Waals surface area contributed by atoms with Crippen molar-refractivity contribution < 1.29 is 13.5 Å². The van der Waals surface area contributed by atoms with E-state index in [1.54, 1.807) is 0 Å². The van der Waals surface area contributed by atoms with E-state index >= 15 is 0 Å². The van der Waals surface area contributed by atoms with E-state index in [9.17, 15) is 8.78 Å². The van der Waals surface area contributed by atoms with Crippen LogP contribution in [0.25, 0.3) is 0 Å². The van der Waals surface area contributed by atoms with E-state index in [2.05, 4.69) is 15.9 Å². The molecular weight excluding hydrogens is 340 g/mol. The van der Waals surface area contributed by atoms with E-state index in [4.69, 9.17) is 10.5 Å². The Morgan fingerprint density at radius 2 is 1.86 bits per heavy atom. The van der Waals surface area contributed by atoms with Crippen molar-refractivity contribution >= 4 is 15.9 Å². The van der Waals surface area contributed by atoms with Gasteiger partial charge in [0.2, 0.25) is 5.82 Å². The van der Waals surface area contributed by atoms with Crippen molar-refractivity contribution in [3.8, 4) is 5.75 Å². The van der Waals surface area contributed by atoms with Crippen molar-refractivity contribution in [2.24, 2.45) is 5.73 Å². The Hall–Kier alpha value is -1.46. The summed E-state index contributed by atoms with van der Waals surface area (Å²) < 4.78 is 32.6. The van der Waals surface area contributed by atoms with Crippen LogP contribution in [-0.4, -0.2) is 6.54 Å². The Morgan fingerprint density at radius 3 is 2.48 bits per heavy atom. The van der Waals surface area contributed by atoms with Gasteiger partial charge in [-0.3, -0.25) is 0 Å². The summed E-state index contributed by atoms with van der Waals surface area (Å²) in [4.78, 5) is 0. The molecule has 0 bridgehead atoms. The average molecular weight is 356 g/mol. The molecule has 21 heavy (non-hydrogen) atoms. The van der Waals surface area contributed by atoms with Gasteiger partial charge in [0, 0.05) is 4.47 Å². The van der Waals surface area contributed by atoms with Gasteiger partial charge in [-0.25, -0.2) is 4.39 Å². The summed E-state index contributed by atoms with van der Waals surface area (Å²) in [6.07, 6.45) is 0. The van der Waals surface area contributed by atoms with E-state index in [1.165, 1.54) is 6.07 Å². The maximum atomic E-state index is 13.6. The first-order chi connectivity index (χ1) is 10.0. The molecule has 0 radical (unpaired) electrons. The van der Waals surface area contributed by atoms with Crippen LogP contribution in [-0.2, 0) is 6.61 Å². The van der Waals surface area contributed by atoms with Crippen LogP contribution in [0.15, 0.2) is 40.9 Å². The van der Waals surface area contributed by atoms with E-state index in [0.717, 1.165) is 17.2 Å². The highest BCUT2D eigenvalue weighted by Gasteiger charge is 2.11. The molecule has 0 amide bonds. The number of ether oxygens (including phenoxy) is 1. The second-order valence-corrected chi connectivity index (χ2v) is 5.78. The number of nitrogens with two attached hydrogens (primary N) is 1. The third-order valence-corrected chi connectivity index (χ3v) is 3.71. The Bertz CT molecular complexity index is 616. The van der Waals surface area contributed by atoms with Gasteiger partial charge in [-0.1, -0.05) is 47.1 Å². The van der Waals surface area contributed by atoms with E-state index in [0.29, 0.717) is 11.0 Å². The molecule has 2 aromatic carbocycles. The molecule has 0 aromatic heterocycles. The normalized spacial score (nSPS) is 12.2. The SMILES string of the molecule is CC(CN)c1ccc(COc2cc(Br)cc(F)c2F)cc1. The van der Waals surface area contributed by atoms with Gasteiger partial charge < -0.3 is 10.5 Å². The Balaban J connectivity index is 2.06. The summed E-state index contributed by atoms with van der Waals surface area (Å²) in [7, 11) is 0. The highest BCUT2D eigenvalue weighted by Crippen LogP contribution is 2.26. The quantitative estimate of drug-likeness (QED) is 0.808. The third-order valence-electron chi connectivity index (χ3n) is 3.26. The number of hydrogen-bond donors (Lipinski definition) is 1. The fraction of sp³-hybridized carbons (Fsp3) is 0.250. The van der Waals surface area contributed by atoms with Gasteiger partial charge in [0.15, 0.2) is 11.6 Å². The van der Waals surface area contributed by atoms with Crippen LogP contribution in [0.1, 0.15) is 24.0 Å². The van der Waals surface area contributed by atoms with E-state index < -0.39 is 11.6 Å². The van der Waals surface area contributed by atoms with Gasteiger partial charge in [0.05, 0.1) is 0 Å². The minimum Gasteiger partial charge on any atom is -0.486 e. The van der Waals surface area contributed by atoms with Gasteiger partial charge in [0.1, 0.15) is 6.61 Å². The van der Waals surface area contributed by atoms with Crippen LogP contribution in [0.2, 0.25) is 0 Å². The van der Waals surface area contributed by atoms with Crippen molar-refractivity contribution in [1.82, 2.24) is 0 Å². The molecule has 2 N–H and O–H groups in total. The largest absolute Gasteiger partial charge is 0.486 e. The predicted octanol–water partition coefficient (Wildman–Crippen LogP) is 4.37. The van der Waals surface area contributed by atoms with Crippen molar-refractivity contribution in [3.63, 3.8) is 0 Å². The molecule has 0 spiro atoms. The molecule has 0 aliphatic carbocycles. The molecule has 2 aromatic rings. The zero-order valence-electron chi connectivity index (χ0n) is 11.6. The number of halogens is 3. The van der Waals surface area contributed by atoms with Crippen LogP contribution in [0.4, 0.5) is 8.78 Å². The predicted molar refractivity (Wildman–Crippen MR) is 82.3 cm³/mol. The van der Waals surface area contributed by atoms with Crippen LogP contribution in [0.5, 0.6) is 5.75 Å². The van der Waals surface area contributed by atoms with Gasteiger partial charge >= 0.3 is 0 Å². The summed E-state index contributed by atoms with van der Waals surface area (Å²) in [6, 6.07) is 10.2. The molecule has 0 saturated heterocycles. The topological polar surface area (TPSA) is 35.2 Å². The van der Waals surface area contributed by atoms with Crippen molar-refractivity contribution in [2.45, 2.75) is 19.4 Å². The molecule has 0 heterocycles. The second kappa shape index (κ2) is 7.00. The van der Waals surface area contributed by atoms with Gasteiger partial charge in [0.25, 0.3) is 0 Å². The molecule has 0 aliphatic rings. The zero-order chi connectivity index (χ0) is 15.4. The standard InChI is InChI=1S/C16H16BrF2NO/c1-10(8-20)12-4-2-11(3-5-12)9-21-15-7-13(17)6-14(18)16(15)19/h2-7,10H,8-9,20H2,1H3. The molecule has 2 rings (SSSR count). The second-order valence-electron chi connectivity index (χ2n) is 4.87. The number of hydrogen-bond acceptors (Lipinski definition) is 2. The lowest BCUT2D eigenvalue weighted by Gasteiger charge is -2.11. The van der Waals surface area contributed by atoms with E-state index in [1.807, 2.05) is 31.2 Å². The lowest BCUT2D eigenvalue weighted by molar-refractivity contribution is 0.284. The van der Waals surface area contributed by atoms with Gasteiger partial charge in [-0.05, 0) is 35.7 Å². The summed E-state index contributed by atoms with van der Waals surface area (Å²) in [5, 5.41) is 0. The lowest BCUT2D eigenvalue weighted by atomic mass is 10.0. The Kier molecular flexibility index (Phi) is 5.31. The van der Waals surface area contributed by atoms with Crippen molar-refractivity contribution in [1.29, 1.82) is 0 Å². The Morgan fingerprint density at radius 1 is 1.19 bits per heavy atom. The number of rotatable bonds is 5. The molecular formula is C16H16BrF2NO. The monoisotopic (exact) mass is 355 g/mol. The van der Waals surface area contributed by atoms with Gasteiger partial charge in [-0.15, -0.1) is 0 Å². The van der Waals surface area contributed by atoms with Gasteiger partial charge in [-0.2, -0.15) is 4.39 Å². The molecule has 1 unspecified atom stereocenters. The third kappa shape index (κ3) is 4.02. The first-order valence-corrected chi connectivity index (χ1v) is 7.36. The van der Waals surface area contributed by atoms with Crippen LogP contribution in [0.3, 0.4) is 0 Å². The summed E-state index contributed by atoms with van der Waals surface area (Å²) in [5.41, 5.74) is 7.63. The molecule has 112 valence electrons. The zero-order valence-corrected chi connectivity index (χ0v) is 13.2. The van der Waals surface area contributed by atoms with Crippen molar-refractivity contribution in [2.75, 3.05) is 6.54 Å². The molecule has 5 heteroatoms. The molecule has 0 fully saturated rings. The molecule has 0 saturated carbocycles. The summed E-state index contributed by atoms with van der Waals surface area (Å²) in [6.45, 7) is 2.80. The van der Waals surface area contributed by atoms with Crippen LogP contribution >= 0.6 is 15.9 Å².